The van der Waals surface area contributed by atoms with Crippen LogP contribution < -0.4 is 28.4 Å². The van der Waals surface area contributed by atoms with Crippen LogP contribution in [0.2, 0.25) is 0 Å². The monoisotopic (exact) mass is 947 g/mol. The van der Waals surface area contributed by atoms with Gasteiger partial charge in [-0.05, 0) is 134 Å². The molecule has 2 N–H and O–H groups in total. The standard InChI is InChI=1S/C46H64N2O13PS2/c1-13-45(14-2,58-37-21-31(5)39(32(6)22-37)25-35-17-19-43(56-29-54-9)41(27-35)47-63(11,50)51)60-62(49)61-46(15-3,16-4)59-38-23-33(7)40(34(8)24-38)26-36-18-20-44(57-30-55-10)42(28-36)48-64(12,52)53/h17-24,27-28,47-48H,13-16,25-26,29-30H2,1-12H3/q+1. The molecule has 0 aliphatic heterocycles. The number of benzene rings is 4. The first-order valence-corrected chi connectivity index (χ1v) is 25.9. The molecule has 0 spiro atoms. The van der Waals surface area contributed by atoms with E-state index in [1.54, 1.807) is 24.3 Å². The number of hydrogen-bond acceptors (Lipinski definition) is 13. The van der Waals surface area contributed by atoms with Gasteiger partial charge in [-0.25, -0.2) is 16.8 Å². The van der Waals surface area contributed by atoms with E-state index in [2.05, 4.69) is 9.44 Å². The Kier molecular flexibility index (Phi) is 18.4. The van der Waals surface area contributed by atoms with Crippen LogP contribution in [0, 0.1) is 27.7 Å². The Morgan fingerprint density at radius 3 is 1.16 bits per heavy atom. The maximum absolute atomic E-state index is 13.9. The molecule has 0 aliphatic carbocycles. The quantitative estimate of drug-likeness (QED) is 0.0448. The molecule has 4 aromatic carbocycles. The topological polar surface area (TPSA) is 183 Å². The predicted molar refractivity (Wildman–Crippen MR) is 250 cm³/mol. The molecule has 4 aromatic rings. The molecule has 352 valence electrons. The van der Waals surface area contributed by atoms with E-state index in [1.807, 2.05) is 91.8 Å². The third-order valence-electron chi connectivity index (χ3n) is 10.7. The Hall–Kier alpha value is -4.48. The van der Waals surface area contributed by atoms with Crippen LogP contribution in [0.4, 0.5) is 11.4 Å². The zero-order valence-corrected chi connectivity index (χ0v) is 41.5. The largest absolute Gasteiger partial charge is 0.705 e. The van der Waals surface area contributed by atoms with Crippen LogP contribution in [0.15, 0.2) is 60.7 Å². The zero-order chi connectivity index (χ0) is 47.5. The molecule has 0 heterocycles. The van der Waals surface area contributed by atoms with Crippen molar-refractivity contribution in [3.05, 3.63) is 105 Å². The molecule has 0 bridgehead atoms. The summed E-state index contributed by atoms with van der Waals surface area (Å²) in [5.41, 5.74) is 8.16. The molecule has 0 aromatic heterocycles. The fraction of sp³-hybridized carbons (Fsp3) is 0.478. The molecule has 0 amide bonds. The third-order valence-corrected chi connectivity index (χ3v) is 12.8. The Morgan fingerprint density at radius 1 is 0.547 bits per heavy atom. The zero-order valence-electron chi connectivity index (χ0n) is 39.0. The van der Waals surface area contributed by atoms with Crippen molar-refractivity contribution in [3.8, 4) is 23.0 Å². The second kappa shape index (κ2) is 22.6. The Bertz CT molecular complexity index is 2260. The summed E-state index contributed by atoms with van der Waals surface area (Å²) < 4.78 is 114. The molecule has 4 rings (SSSR count). The first-order valence-electron chi connectivity index (χ1n) is 21.0. The van der Waals surface area contributed by atoms with E-state index >= 15 is 0 Å². The molecule has 0 aliphatic rings. The fourth-order valence-electron chi connectivity index (χ4n) is 7.22. The van der Waals surface area contributed by atoms with Gasteiger partial charge in [0.25, 0.3) is 11.6 Å². The minimum Gasteiger partial charge on any atom is -0.465 e. The average Bonchev–Trinajstić information content (AvgIpc) is 3.21. The van der Waals surface area contributed by atoms with E-state index in [9.17, 15) is 21.4 Å². The van der Waals surface area contributed by atoms with Crippen LogP contribution in [-0.4, -0.2) is 68.7 Å². The second-order valence-corrected chi connectivity index (χ2v) is 20.1. The summed E-state index contributed by atoms with van der Waals surface area (Å²) in [6.07, 6.45) is 4.63. The number of ether oxygens (including phenoxy) is 6. The Morgan fingerprint density at radius 2 is 0.875 bits per heavy atom. The molecule has 0 atom stereocenters. The van der Waals surface area contributed by atoms with Crippen LogP contribution in [0.25, 0.3) is 0 Å². The summed E-state index contributed by atoms with van der Waals surface area (Å²) in [4.78, 5) is 0. The van der Waals surface area contributed by atoms with Gasteiger partial charge in [-0.2, -0.15) is 0 Å². The molecule has 64 heavy (non-hydrogen) atoms. The average molecular weight is 948 g/mol. The molecule has 0 radical (unpaired) electrons. The SMILES string of the molecule is CCC(CC)(Oc1cc(C)c(Cc2ccc(OCOC)c(NS(C)(=O)=O)c2)c(C)c1)O[P+](=O)OC(CC)(CC)Oc1cc(C)c(Cc2ccc(OCOC)c(NS(C)(=O)=O)c2)c(C)c1. The molecule has 15 nitrogen and oxygen atoms in total. The number of rotatable bonds is 26. The highest BCUT2D eigenvalue weighted by Gasteiger charge is 2.48. The number of anilines is 2. The van der Waals surface area contributed by atoms with Crippen LogP contribution in [0.3, 0.4) is 0 Å². The molecule has 18 heteroatoms. The molecule has 0 unspecified atom stereocenters. The van der Waals surface area contributed by atoms with Crippen LogP contribution >= 0.6 is 8.25 Å². The predicted octanol–water partition coefficient (Wildman–Crippen LogP) is 9.99. The van der Waals surface area contributed by atoms with Gasteiger partial charge in [-0.3, -0.25) is 9.44 Å². The lowest BCUT2D eigenvalue weighted by molar-refractivity contribution is -0.155. The first-order chi connectivity index (χ1) is 30.1. The first kappa shape index (κ1) is 52.1. The van der Waals surface area contributed by atoms with E-state index in [0.717, 1.165) is 57.0 Å². The Labute approximate surface area is 380 Å². The van der Waals surface area contributed by atoms with Crippen molar-refractivity contribution >= 4 is 39.7 Å². The van der Waals surface area contributed by atoms with Gasteiger partial charge in [-0.15, -0.1) is 0 Å². The summed E-state index contributed by atoms with van der Waals surface area (Å²) in [5.74, 6) is -0.812. The van der Waals surface area contributed by atoms with E-state index in [-0.39, 0.29) is 13.6 Å². The van der Waals surface area contributed by atoms with Gasteiger partial charge < -0.3 is 28.4 Å². The number of sulfonamides is 2. The van der Waals surface area contributed by atoms with Gasteiger partial charge >= 0.3 is 8.25 Å². The highest BCUT2D eigenvalue weighted by atomic mass is 32.2. The van der Waals surface area contributed by atoms with Crippen molar-refractivity contribution in [2.75, 3.05) is 49.8 Å². The smallest absolute Gasteiger partial charge is 0.465 e. The Balaban J connectivity index is 1.51. The molecule has 0 fully saturated rings. The van der Waals surface area contributed by atoms with Crippen molar-refractivity contribution in [1.82, 2.24) is 0 Å². The lowest BCUT2D eigenvalue weighted by Gasteiger charge is -2.30. The lowest BCUT2D eigenvalue weighted by atomic mass is 9.95. The van der Waals surface area contributed by atoms with Crippen molar-refractivity contribution in [3.63, 3.8) is 0 Å². The molecular weight excluding hydrogens is 884 g/mol. The van der Waals surface area contributed by atoms with Crippen molar-refractivity contribution in [1.29, 1.82) is 0 Å². The fourth-order valence-corrected chi connectivity index (χ4v) is 9.51. The summed E-state index contributed by atoms with van der Waals surface area (Å²) >= 11 is 0. The van der Waals surface area contributed by atoms with Crippen LogP contribution in [0.5, 0.6) is 23.0 Å². The third kappa shape index (κ3) is 14.8. The molecule has 0 saturated heterocycles. The van der Waals surface area contributed by atoms with Gasteiger partial charge in [0, 0.05) is 44.5 Å². The minimum absolute atomic E-state index is 0.0383. The van der Waals surface area contributed by atoms with E-state index in [1.165, 1.54) is 14.2 Å². The van der Waals surface area contributed by atoms with Crippen LogP contribution in [-0.2, 0) is 56.0 Å². The highest BCUT2D eigenvalue weighted by Crippen LogP contribution is 2.44. The van der Waals surface area contributed by atoms with E-state index in [0.29, 0.717) is 72.9 Å². The van der Waals surface area contributed by atoms with Gasteiger partial charge in [0.1, 0.15) is 23.0 Å². The van der Waals surface area contributed by atoms with Crippen molar-refractivity contribution in [2.45, 2.75) is 105 Å². The summed E-state index contributed by atoms with van der Waals surface area (Å²) in [6, 6.07) is 18.3. The van der Waals surface area contributed by atoms with Gasteiger partial charge in [0.2, 0.25) is 20.0 Å². The maximum Gasteiger partial charge on any atom is 0.705 e. The van der Waals surface area contributed by atoms with Crippen molar-refractivity contribution < 1.29 is 58.9 Å². The maximum atomic E-state index is 13.9. The number of methoxy groups -OCH3 is 2. The molecule has 0 saturated carbocycles. The number of nitrogens with one attached hydrogen (secondary N) is 2. The van der Waals surface area contributed by atoms with Gasteiger partial charge in [0.15, 0.2) is 13.6 Å². The summed E-state index contributed by atoms with van der Waals surface area (Å²) in [5, 5.41) is 0. The molecular formula is C46H64N2O13PS2+. The lowest BCUT2D eigenvalue weighted by Crippen LogP contribution is -2.39. The number of hydrogen-bond donors (Lipinski definition) is 2. The van der Waals surface area contributed by atoms with Crippen molar-refractivity contribution in [2.24, 2.45) is 0 Å². The van der Waals surface area contributed by atoms with E-state index < -0.39 is 39.9 Å². The normalized spacial score (nSPS) is 12.2. The summed E-state index contributed by atoms with van der Waals surface area (Å²) in [7, 11) is -6.93. The number of aryl methyl sites for hydroxylation is 4. The minimum atomic E-state index is -3.57. The van der Waals surface area contributed by atoms with Crippen LogP contribution in [0.1, 0.15) is 97.9 Å². The van der Waals surface area contributed by atoms with Gasteiger partial charge in [-0.1, -0.05) is 48.9 Å². The highest BCUT2D eigenvalue weighted by molar-refractivity contribution is 7.92. The van der Waals surface area contributed by atoms with E-state index in [4.69, 9.17) is 37.5 Å². The second-order valence-electron chi connectivity index (χ2n) is 15.8. The summed E-state index contributed by atoms with van der Waals surface area (Å²) in [6.45, 7) is 15.4. The van der Waals surface area contributed by atoms with Gasteiger partial charge in [0.05, 0.1) is 23.9 Å².